The van der Waals surface area contributed by atoms with Crippen LogP contribution in [-0.4, -0.2) is 15.9 Å². The summed E-state index contributed by atoms with van der Waals surface area (Å²) >= 11 is 6.06. The Morgan fingerprint density at radius 2 is 1.72 bits per heavy atom. The first kappa shape index (κ1) is 16.9. The number of hydrogen-bond donors (Lipinski definition) is 2. The van der Waals surface area contributed by atoms with Crippen molar-refractivity contribution in [2.75, 3.05) is 5.32 Å². The van der Waals surface area contributed by atoms with Crippen molar-refractivity contribution in [2.45, 2.75) is 6.54 Å². The molecular weight excluding hydrogens is 343 g/mol. The van der Waals surface area contributed by atoms with Gasteiger partial charge < -0.3 is 10.6 Å². The Kier molecular flexibility index (Phi) is 5.20. The molecule has 0 saturated carbocycles. The minimum atomic E-state index is -0.382. The van der Waals surface area contributed by atoms with Crippen molar-refractivity contribution in [3.63, 3.8) is 0 Å². The van der Waals surface area contributed by atoms with Crippen molar-refractivity contribution >= 4 is 29.1 Å². The summed E-state index contributed by atoms with van der Waals surface area (Å²) in [6.45, 7) is 0.0884. The van der Waals surface area contributed by atoms with Crippen molar-refractivity contribution in [2.24, 2.45) is 0 Å². The van der Waals surface area contributed by atoms with Crippen LogP contribution in [0.1, 0.15) is 15.9 Å². The monoisotopic (exact) mass is 356 g/mol. The van der Waals surface area contributed by atoms with Crippen LogP contribution in [-0.2, 0) is 6.54 Å². The number of halogens is 2. The second-order valence-electron chi connectivity index (χ2n) is 5.17. The zero-order chi connectivity index (χ0) is 17.6. The van der Waals surface area contributed by atoms with E-state index < -0.39 is 0 Å². The molecule has 0 bridgehead atoms. The summed E-state index contributed by atoms with van der Waals surface area (Å²) in [4.78, 5) is 20.3. The molecule has 126 valence electrons. The van der Waals surface area contributed by atoms with Gasteiger partial charge in [-0.15, -0.1) is 0 Å². The molecule has 25 heavy (non-hydrogen) atoms. The molecular formula is C18H14ClFN4O. The zero-order valence-electron chi connectivity index (χ0n) is 13.0. The van der Waals surface area contributed by atoms with E-state index >= 15 is 0 Å². The number of rotatable bonds is 5. The summed E-state index contributed by atoms with van der Waals surface area (Å²) in [6, 6.07) is 13.5. The fourth-order valence-electron chi connectivity index (χ4n) is 2.11. The van der Waals surface area contributed by atoms with Crippen LogP contribution in [0.2, 0.25) is 5.02 Å². The number of nitrogens with one attached hydrogen (secondary N) is 2. The number of anilines is 2. The van der Waals surface area contributed by atoms with Crippen molar-refractivity contribution < 1.29 is 9.18 Å². The number of nitrogens with zero attached hydrogens (tertiary/aromatic N) is 2. The van der Waals surface area contributed by atoms with E-state index in [-0.39, 0.29) is 23.8 Å². The number of hydrogen-bond acceptors (Lipinski definition) is 4. The second-order valence-corrected chi connectivity index (χ2v) is 5.58. The molecule has 0 spiro atoms. The number of carbonyl (C=O) groups excluding carboxylic acids is 1. The number of amides is 1. The first-order valence-electron chi connectivity index (χ1n) is 7.48. The van der Waals surface area contributed by atoms with Crippen molar-refractivity contribution in [1.82, 2.24) is 15.3 Å². The van der Waals surface area contributed by atoms with Crippen LogP contribution in [0.4, 0.5) is 16.0 Å². The average Bonchev–Trinajstić information content (AvgIpc) is 2.63. The van der Waals surface area contributed by atoms with Gasteiger partial charge in [0.25, 0.3) is 5.91 Å². The Morgan fingerprint density at radius 1 is 1.04 bits per heavy atom. The predicted octanol–water partition coefficient (Wildman–Crippen LogP) is 3.94. The first-order valence-corrected chi connectivity index (χ1v) is 7.86. The summed E-state index contributed by atoms with van der Waals surface area (Å²) in [5.74, 6) is -0.426. The van der Waals surface area contributed by atoms with Crippen molar-refractivity contribution in [3.8, 4) is 0 Å². The van der Waals surface area contributed by atoms with Gasteiger partial charge in [0.2, 0.25) is 5.95 Å². The van der Waals surface area contributed by atoms with E-state index in [1.54, 1.807) is 30.3 Å². The van der Waals surface area contributed by atoms with Gasteiger partial charge in [-0.1, -0.05) is 41.9 Å². The standard InChI is InChI=1S/C18H14ClFN4O/c19-14-6-2-4-8-16(14)24-18-22-10-13(11-23-18)17(25)21-9-12-5-1-3-7-15(12)20/h1-8,10-11H,9H2,(H,21,25)(H,22,23,24). The average molecular weight is 357 g/mol. The van der Waals surface area contributed by atoms with Crippen LogP contribution in [0.25, 0.3) is 0 Å². The highest BCUT2D eigenvalue weighted by Gasteiger charge is 2.09. The maximum absolute atomic E-state index is 13.5. The number of benzene rings is 2. The quantitative estimate of drug-likeness (QED) is 0.726. The van der Waals surface area contributed by atoms with Gasteiger partial charge in [-0.05, 0) is 18.2 Å². The van der Waals surface area contributed by atoms with Gasteiger partial charge in [0.15, 0.2) is 0 Å². The van der Waals surface area contributed by atoms with Crippen LogP contribution in [0, 0.1) is 5.82 Å². The fourth-order valence-corrected chi connectivity index (χ4v) is 2.30. The maximum Gasteiger partial charge on any atom is 0.254 e. The third-order valence-corrected chi connectivity index (χ3v) is 3.76. The van der Waals surface area contributed by atoms with Gasteiger partial charge in [-0.3, -0.25) is 4.79 Å². The maximum atomic E-state index is 13.5. The summed E-state index contributed by atoms with van der Waals surface area (Å²) < 4.78 is 13.5. The molecule has 0 unspecified atom stereocenters. The molecule has 2 N–H and O–H groups in total. The van der Waals surface area contributed by atoms with Crippen LogP contribution < -0.4 is 10.6 Å². The lowest BCUT2D eigenvalue weighted by Crippen LogP contribution is -2.23. The second kappa shape index (κ2) is 7.72. The number of aromatic nitrogens is 2. The Bertz CT molecular complexity index is 886. The lowest BCUT2D eigenvalue weighted by molar-refractivity contribution is 0.0950. The van der Waals surface area contributed by atoms with Crippen LogP contribution in [0.3, 0.4) is 0 Å². The van der Waals surface area contributed by atoms with Gasteiger partial charge in [0.05, 0.1) is 16.3 Å². The lowest BCUT2D eigenvalue weighted by atomic mass is 10.2. The molecule has 2 aromatic carbocycles. The topological polar surface area (TPSA) is 66.9 Å². The SMILES string of the molecule is O=C(NCc1ccccc1F)c1cnc(Nc2ccccc2Cl)nc1. The summed E-state index contributed by atoms with van der Waals surface area (Å²) in [5.41, 5.74) is 1.36. The molecule has 1 aromatic heterocycles. The van der Waals surface area contributed by atoms with Gasteiger partial charge in [-0.25, -0.2) is 14.4 Å². The van der Waals surface area contributed by atoms with Crippen molar-refractivity contribution in [1.29, 1.82) is 0 Å². The van der Waals surface area contributed by atoms with Gasteiger partial charge in [0, 0.05) is 24.5 Å². The van der Waals surface area contributed by atoms with Crippen molar-refractivity contribution in [3.05, 3.63) is 82.9 Å². The summed E-state index contributed by atoms with van der Waals surface area (Å²) in [6.07, 6.45) is 2.78. The highest BCUT2D eigenvalue weighted by molar-refractivity contribution is 6.33. The van der Waals surface area contributed by atoms with E-state index in [0.717, 1.165) is 0 Å². The molecule has 0 saturated heterocycles. The molecule has 5 nitrogen and oxygen atoms in total. The van der Waals surface area contributed by atoms with E-state index in [9.17, 15) is 9.18 Å². The third kappa shape index (κ3) is 4.30. The lowest BCUT2D eigenvalue weighted by Gasteiger charge is -2.08. The minimum Gasteiger partial charge on any atom is -0.348 e. The van der Waals surface area contributed by atoms with Crippen LogP contribution in [0.15, 0.2) is 60.9 Å². The Balaban J connectivity index is 1.63. The Morgan fingerprint density at radius 3 is 2.44 bits per heavy atom. The number of para-hydroxylation sites is 1. The molecule has 0 radical (unpaired) electrons. The zero-order valence-corrected chi connectivity index (χ0v) is 13.8. The Labute approximate surface area is 148 Å². The largest absolute Gasteiger partial charge is 0.348 e. The minimum absolute atomic E-state index is 0.0884. The highest BCUT2D eigenvalue weighted by Crippen LogP contribution is 2.22. The van der Waals surface area contributed by atoms with E-state index in [0.29, 0.717) is 22.2 Å². The van der Waals surface area contributed by atoms with E-state index in [2.05, 4.69) is 20.6 Å². The molecule has 0 atom stereocenters. The predicted molar refractivity (Wildman–Crippen MR) is 94.3 cm³/mol. The fraction of sp³-hybridized carbons (Fsp3) is 0.0556. The summed E-state index contributed by atoms with van der Waals surface area (Å²) in [5, 5.41) is 6.14. The van der Waals surface area contributed by atoms with Gasteiger partial charge in [0.1, 0.15) is 5.82 Å². The molecule has 0 aliphatic rings. The normalized spacial score (nSPS) is 10.3. The van der Waals surface area contributed by atoms with E-state index in [1.807, 2.05) is 12.1 Å². The molecule has 3 rings (SSSR count). The number of carbonyl (C=O) groups is 1. The van der Waals surface area contributed by atoms with E-state index in [1.165, 1.54) is 18.5 Å². The molecule has 1 heterocycles. The van der Waals surface area contributed by atoms with Gasteiger partial charge >= 0.3 is 0 Å². The molecule has 0 aliphatic carbocycles. The van der Waals surface area contributed by atoms with Crippen LogP contribution in [0.5, 0.6) is 0 Å². The summed E-state index contributed by atoms with van der Waals surface area (Å²) in [7, 11) is 0. The van der Waals surface area contributed by atoms with Crippen LogP contribution >= 0.6 is 11.6 Å². The Hall–Kier alpha value is -2.99. The van der Waals surface area contributed by atoms with Gasteiger partial charge in [-0.2, -0.15) is 0 Å². The third-order valence-electron chi connectivity index (χ3n) is 3.43. The molecule has 1 amide bonds. The van der Waals surface area contributed by atoms with E-state index in [4.69, 9.17) is 11.6 Å². The highest BCUT2D eigenvalue weighted by atomic mass is 35.5. The molecule has 0 aliphatic heterocycles. The molecule has 3 aromatic rings. The molecule has 0 fully saturated rings. The smallest absolute Gasteiger partial charge is 0.254 e. The molecule has 7 heteroatoms. The first-order chi connectivity index (χ1) is 12.1.